The van der Waals surface area contributed by atoms with Crippen molar-refractivity contribution in [1.82, 2.24) is 9.55 Å². The van der Waals surface area contributed by atoms with Crippen molar-refractivity contribution in [3.05, 3.63) is 63.2 Å². The fourth-order valence-electron chi connectivity index (χ4n) is 3.78. The van der Waals surface area contributed by atoms with Crippen molar-refractivity contribution in [2.45, 2.75) is 84.2 Å². The van der Waals surface area contributed by atoms with Crippen LogP contribution in [0.2, 0.25) is 18.1 Å². The highest BCUT2D eigenvalue weighted by molar-refractivity contribution is 6.74. The van der Waals surface area contributed by atoms with E-state index in [0.29, 0.717) is 6.54 Å². The molecule has 1 aromatic carbocycles. The van der Waals surface area contributed by atoms with Gasteiger partial charge in [0.1, 0.15) is 6.10 Å². The van der Waals surface area contributed by atoms with Crippen LogP contribution >= 0.6 is 0 Å². The molecule has 1 saturated heterocycles. The highest BCUT2D eigenvalue weighted by Gasteiger charge is 2.50. The minimum absolute atomic E-state index is 0.0128. The second kappa shape index (κ2) is 8.84. The van der Waals surface area contributed by atoms with Gasteiger partial charge >= 0.3 is 11.4 Å². The molecule has 1 aromatic heterocycles. The Balaban J connectivity index is 2.01. The molecular weight excluding hydrogens is 410 g/mol. The molecule has 8 heteroatoms. The average molecular weight is 447 g/mol. The van der Waals surface area contributed by atoms with Gasteiger partial charge in [-0.3, -0.25) is 0 Å². The Morgan fingerprint density at radius 2 is 1.84 bits per heavy atom. The maximum Gasteiger partial charge on any atom is 0.448 e. The van der Waals surface area contributed by atoms with Crippen LogP contribution < -0.4 is 15.9 Å². The third-order valence-corrected chi connectivity index (χ3v) is 11.3. The standard InChI is InChI=1S/C23H35N3O4Si/c1-8-18-16(2)19(30-31(6,7)23(3,4)5)20(29-18)26-15-25(21(27)24-22(26)28)14-17-12-10-9-11-13-17/h9-13,15-16,18-20H,8,14H2,1-7H3/p+1/t16-,18+,19?,20+/m0/s1. The third kappa shape index (κ3) is 4.91. The fourth-order valence-corrected chi connectivity index (χ4v) is 5.15. The zero-order valence-electron chi connectivity index (χ0n) is 19.7. The molecule has 1 aliphatic heterocycles. The molecule has 0 spiro atoms. The lowest BCUT2D eigenvalue weighted by Gasteiger charge is -2.39. The zero-order chi connectivity index (χ0) is 23.0. The SMILES string of the molecule is CC[C@H]1O[C@@H](n2c[n+](Cc3ccccc3)c(=O)[nH]c2=O)C(O[Si](C)(C)C(C)(C)C)[C@H]1C. The molecule has 2 heterocycles. The Labute approximate surface area is 185 Å². The van der Waals surface area contributed by atoms with E-state index in [9.17, 15) is 9.59 Å². The summed E-state index contributed by atoms with van der Waals surface area (Å²) >= 11 is 0. The zero-order valence-corrected chi connectivity index (χ0v) is 20.7. The summed E-state index contributed by atoms with van der Waals surface area (Å²) in [6.45, 7) is 15.6. The molecule has 31 heavy (non-hydrogen) atoms. The predicted octanol–water partition coefficient (Wildman–Crippen LogP) is 3.21. The molecule has 170 valence electrons. The summed E-state index contributed by atoms with van der Waals surface area (Å²) in [6, 6.07) is 9.69. The Hall–Kier alpha value is -2.03. The Morgan fingerprint density at radius 3 is 2.42 bits per heavy atom. The van der Waals surface area contributed by atoms with E-state index < -0.39 is 25.9 Å². The van der Waals surface area contributed by atoms with Gasteiger partial charge in [-0.1, -0.05) is 65.0 Å². The highest BCUT2D eigenvalue weighted by atomic mass is 28.4. The summed E-state index contributed by atoms with van der Waals surface area (Å²) in [5.41, 5.74) is 0.0570. The van der Waals surface area contributed by atoms with Crippen molar-refractivity contribution < 1.29 is 13.7 Å². The molecule has 0 amide bonds. The Kier molecular flexibility index (Phi) is 6.74. The topological polar surface area (TPSA) is 77.2 Å². The van der Waals surface area contributed by atoms with Crippen LogP contribution in [0.1, 0.15) is 52.8 Å². The number of ether oxygens (including phenoxy) is 1. The molecule has 0 radical (unpaired) electrons. The van der Waals surface area contributed by atoms with Crippen LogP contribution in [0.15, 0.2) is 46.2 Å². The molecular formula is C23H36N3O4Si+. The monoisotopic (exact) mass is 446 g/mol. The van der Waals surface area contributed by atoms with Gasteiger partial charge in [0.15, 0.2) is 8.32 Å². The number of H-pyrrole nitrogens is 1. The minimum atomic E-state index is -2.11. The maximum absolute atomic E-state index is 12.8. The lowest BCUT2D eigenvalue weighted by atomic mass is 9.99. The second-order valence-corrected chi connectivity index (χ2v) is 14.8. The molecule has 1 N–H and O–H groups in total. The first-order chi connectivity index (χ1) is 14.4. The van der Waals surface area contributed by atoms with Gasteiger partial charge in [-0.05, 0) is 30.1 Å². The molecule has 1 fully saturated rings. The summed E-state index contributed by atoms with van der Waals surface area (Å²) < 4.78 is 16.1. The van der Waals surface area contributed by atoms with E-state index in [1.807, 2.05) is 30.3 Å². The van der Waals surface area contributed by atoms with E-state index in [1.165, 1.54) is 9.13 Å². The summed E-state index contributed by atoms with van der Waals surface area (Å²) in [5, 5.41) is 0.0325. The van der Waals surface area contributed by atoms with E-state index in [2.05, 4.69) is 52.7 Å². The predicted molar refractivity (Wildman–Crippen MR) is 122 cm³/mol. The smallest absolute Gasteiger partial charge is 0.407 e. The summed E-state index contributed by atoms with van der Waals surface area (Å²) in [7, 11) is -2.11. The summed E-state index contributed by atoms with van der Waals surface area (Å²) in [4.78, 5) is 27.7. The number of hydrogen-bond donors (Lipinski definition) is 1. The lowest BCUT2D eigenvalue weighted by Crippen LogP contribution is -2.57. The van der Waals surface area contributed by atoms with Gasteiger partial charge in [-0.15, -0.1) is 0 Å². The van der Waals surface area contributed by atoms with Gasteiger partial charge < -0.3 is 9.16 Å². The normalized spacial score (nSPS) is 24.5. The largest absolute Gasteiger partial charge is 0.448 e. The molecule has 1 unspecified atom stereocenters. The van der Waals surface area contributed by atoms with Gasteiger partial charge in [-0.25, -0.2) is 9.59 Å². The molecule has 0 bridgehead atoms. The molecule has 1 aliphatic rings. The molecule has 0 aliphatic carbocycles. The van der Waals surface area contributed by atoms with E-state index in [0.717, 1.165) is 12.0 Å². The van der Waals surface area contributed by atoms with Crippen molar-refractivity contribution in [3.63, 3.8) is 0 Å². The first-order valence-corrected chi connectivity index (χ1v) is 14.0. The second-order valence-electron chi connectivity index (χ2n) is 10.0. The van der Waals surface area contributed by atoms with Crippen molar-refractivity contribution in [2.75, 3.05) is 0 Å². The molecule has 0 saturated carbocycles. The quantitative estimate of drug-likeness (QED) is 0.546. The molecule has 3 rings (SSSR count). The van der Waals surface area contributed by atoms with E-state index >= 15 is 0 Å². The number of benzene rings is 1. The van der Waals surface area contributed by atoms with E-state index in [4.69, 9.17) is 9.16 Å². The molecule has 2 aromatic rings. The first kappa shape index (κ1) is 23.6. The van der Waals surface area contributed by atoms with Crippen LogP contribution in [-0.2, 0) is 15.7 Å². The number of nitrogens with one attached hydrogen (secondary N) is 1. The number of aromatic nitrogens is 3. The third-order valence-electron chi connectivity index (χ3n) is 6.78. The number of aromatic amines is 1. The van der Waals surface area contributed by atoms with Crippen molar-refractivity contribution in [3.8, 4) is 0 Å². The van der Waals surface area contributed by atoms with Gasteiger partial charge in [0.2, 0.25) is 12.6 Å². The van der Waals surface area contributed by atoms with Crippen molar-refractivity contribution in [2.24, 2.45) is 5.92 Å². The summed E-state index contributed by atoms with van der Waals surface area (Å²) in [6.07, 6.45) is 1.55. The van der Waals surface area contributed by atoms with E-state index in [1.54, 1.807) is 6.33 Å². The first-order valence-electron chi connectivity index (χ1n) is 11.1. The van der Waals surface area contributed by atoms with E-state index in [-0.39, 0.29) is 23.2 Å². The van der Waals surface area contributed by atoms with Gasteiger partial charge in [-0.2, -0.15) is 14.1 Å². The minimum Gasteiger partial charge on any atom is -0.407 e. The van der Waals surface area contributed by atoms with Crippen molar-refractivity contribution >= 4 is 8.32 Å². The van der Waals surface area contributed by atoms with Crippen molar-refractivity contribution in [1.29, 1.82) is 0 Å². The average Bonchev–Trinajstić information content (AvgIpc) is 2.99. The molecule has 7 nitrogen and oxygen atoms in total. The highest BCUT2D eigenvalue weighted by Crippen LogP contribution is 2.43. The lowest BCUT2D eigenvalue weighted by molar-refractivity contribution is -0.710. The van der Waals surface area contributed by atoms with Crippen LogP contribution in [0, 0.1) is 5.92 Å². The fraction of sp³-hybridized carbons (Fsp3) is 0.609. The van der Waals surface area contributed by atoms with Crippen LogP contribution in [0.4, 0.5) is 0 Å². The van der Waals surface area contributed by atoms with Crippen LogP contribution in [0.3, 0.4) is 0 Å². The number of hydrogen-bond acceptors (Lipinski definition) is 4. The Bertz CT molecular complexity index is 1010. The van der Waals surface area contributed by atoms with Gasteiger partial charge in [0.05, 0.1) is 12.6 Å². The number of nitrogens with zero attached hydrogens (tertiary/aromatic N) is 2. The summed E-state index contributed by atoms with van der Waals surface area (Å²) in [5.74, 6) is 0.130. The van der Waals surface area contributed by atoms with Crippen LogP contribution in [0.5, 0.6) is 0 Å². The van der Waals surface area contributed by atoms with Crippen LogP contribution in [0.25, 0.3) is 0 Å². The van der Waals surface area contributed by atoms with Crippen LogP contribution in [-0.4, -0.2) is 30.1 Å². The number of rotatable bonds is 6. The van der Waals surface area contributed by atoms with Gasteiger partial charge in [0, 0.05) is 5.92 Å². The maximum atomic E-state index is 12.8. The Morgan fingerprint density at radius 1 is 1.19 bits per heavy atom. The van der Waals surface area contributed by atoms with Gasteiger partial charge in [0.25, 0.3) is 0 Å². The molecule has 4 atom stereocenters.